The quantitative estimate of drug-likeness (QED) is 0.0169. The maximum Gasteiger partial charge on any atom is 0.472 e. The van der Waals surface area contributed by atoms with Gasteiger partial charge in [-0.15, -0.1) is 0 Å². The average Bonchev–Trinajstić information content (AvgIpc) is 1.13. The number of rotatable bonds is 74. The molecular formula is C81H142O17P2. The number of carbonyl (C=O) groups excluding carboxylic acids is 4. The number of unbranched alkanes of at least 4 members (excludes halogenated alkanes) is 32. The molecule has 2 unspecified atom stereocenters. The second-order valence-electron chi connectivity index (χ2n) is 26.3. The van der Waals surface area contributed by atoms with E-state index in [0.29, 0.717) is 32.1 Å². The third-order valence-corrected chi connectivity index (χ3v) is 18.4. The largest absolute Gasteiger partial charge is 0.472 e. The van der Waals surface area contributed by atoms with Crippen molar-refractivity contribution in [2.45, 2.75) is 354 Å². The molecular weight excluding hydrogens is 1310 g/mol. The zero-order valence-electron chi connectivity index (χ0n) is 63.1. The summed E-state index contributed by atoms with van der Waals surface area (Å²) in [4.78, 5) is 72.9. The number of aliphatic hydroxyl groups is 1. The van der Waals surface area contributed by atoms with E-state index in [4.69, 9.17) is 37.0 Å². The number of phosphoric acid groups is 2. The van der Waals surface area contributed by atoms with Crippen LogP contribution in [0.15, 0.2) is 97.2 Å². The van der Waals surface area contributed by atoms with Crippen LogP contribution < -0.4 is 0 Å². The molecule has 100 heavy (non-hydrogen) atoms. The lowest BCUT2D eigenvalue weighted by atomic mass is 10.1. The summed E-state index contributed by atoms with van der Waals surface area (Å²) in [5.41, 5.74) is 0. The van der Waals surface area contributed by atoms with Gasteiger partial charge in [0.05, 0.1) is 26.4 Å². The molecule has 0 amide bonds. The maximum atomic E-state index is 13.1. The standard InChI is InChI=1S/C81H142O17P2/c1-5-9-13-17-21-25-29-33-36-37-40-44-48-52-56-60-64-68-81(86)98-76(71-91-78(83)65-61-57-53-49-45-41-32-28-24-20-16-12-8-4)73-95-99(87,88)93-69-75(82)70-94-100(89,90)96-74-77(97-80(85)67-63-59-55-51-47-43-39-35-31-27-23-19-15-11-7-3)72-92-79(84)66-62-58-54-50-46-42-38-34-30-26-22-18-14-10-6-2/h21-22,25-26,28,32-36,38-40,44,52,56,75-77,82H,5-20,23-24,27,29-31,37,41-43,45-51,53-55,57-74H2,1-4H3,(H,87,88)(H,89,90)/b25-21-,26-22-,32-28-,36-33-,38-34-,39-35-,44-40-,56-52-/t75-,76+,77+/m0/s1. The van der Waals surface area contributed by atoms with Gasteiger partial charge >= 0.3 is 39.5 Å². The summed E-state index contributed by atoms with van der Waals surface area (Å²) in [6.45, 7) is 4.73. The molecule has 578 valence electrons. The van der Waals surface area contributed by atoms with Crippen LogP contribution in [0.3, 0.4) is 0 Å². The van der Waals surface area contributed by atoms with Crippen LogP contribution >= 0.6 is 15.6 Å². The minimum atomic E-state index is -4.99. The van der Waals surface area contributed by atoms with Crippen molar-refractivity contribution in [2.75, 3.05) is 39.6 Å². The van der Waals surface area contributed by atoms with Crippen LogP contribution in [0.1, 0.15) is 336 Å². The van der Waals surface area contributed by atoms with E-state index < -0.39 is 97.5 Å². The molecule has 0 spiro atoms. The molecule has 0 heterocycles. The number of hydrogen-bond donors (Lipinski definition) is 3. The number of hydrogen-bond acceptors (Lipinski definition) is 15. The number of allylic oxidation sites excluding steroid dienone is 16. The number of carbonyl (C=O) groups is 4. The van der Waals surface area contributed by atoms with Crippen LogP contribution in [-0.4, -0.2) is 96.7 Å². The summed E-state index contributed by atoms with van der Waals surface area (Å²) in [5, 5.41) is 10.6. The second-order valence-corrected chi connectivity index (χ2v) is 29.2. The zero-order valence-corrected chi connectivity index (χ0v) is 64.9. The fraction of sp³-hybridized carbons (Fsp3) is 0.753. The number of ether oxygens (including phenoxy) is 4. The fourth-order valence-corrected chi connectivity index (χ4v) is 12.0. The van der Waals surface area contributed by atoms with Crippen LogP contribution in [-0.2, 0) is 65.4 Å². The van der Waals surface area contributed by atoms with Crippen LogP contribution in [0.25, 0.3) is 0 Å². The molecule has 0 fully saturated rings. The SMILES string of the molecule is CCCCC/C=C\C/C=C\C/C=C\C/C=C\CCCC(=O)O[C@H](COC(=O)CCCCCCC/C=C\CCCCCC)COP(=O)(O)OC[C@H](O)COP(=O)(O)OC[C@@H](COC(=O)CCCCCCC/C=C\C/C=C\CCCCC)OC(=O)CCCCCCC/C=C\CCCCCCCC. The smallest absolute Gasteiger partial charge is 0.462 e. The lowest BCUT2D eigenvalue weighted by Gasteiger charge is -2.21. The van der Waals surface area contributed by atoms with Gasteiger partial charge in [0, 0.05) is 25.7 Å². The maximum absolute atomic E-state index is 13.1. The first-order valence-electron chi connectivity index (χ1n) is 39.5. The first kappa shape index (κ1) is 96.0. The van der Waals surface area contributed by atoms with Gasteiger partial charge in [-0.1, -0.05) is 260 Å². The molecule has 5 atom stereocenters. The highest BCUT2D eigenvalue weighted by molar-refractivity contribution is 7.47. The van der Waals surface area contributed by atoms with Gasteiger partial charge in [-0.05, 0) is 148 Å². The summed E-state index contributed by atoms with van der Waals surface area (Å²) in [6.07, 6.45) is 76.8. The van der Waals surface area contributed by atoms with Crippen LogP contribution in [0.4, 0.5) is 0 Å². The van der Waals surface area contributed by atoms with E-state index in [1.54, 1.807) is 0 Å². The minimum absolute atomic E-state index is 0.0176. The van der Waals surface area contributed by atoms with Crippen molar-refractivity contribution < 1.29 is 80.2 Å². The molecule has 0 aliphatic carbocycles. The lowest BCUT2D eigenvalue weighted by Crippen LogP contribution is -2.30. The Kier molecular flexibility index (Phi) is 70.4. The Morgan fingerprint density at radius 1 is 0.280 bits per heavy atom. The van der Waals surface area contributed by atoms with Crippen molar-refractivity contribution in [2.24, 2.45) is 0 Å². The van der Waals surface area contributed by atoms with Crippen LogP contribution in [0, 0.1) is 0 Å². The molecule has 0 aliphatic rings. The summed E-state index contributed by atoms with van der Waals surface area (Å²) in [6, 6.07) is 0. The Morgan fingerprint density at radius 3 is 0.830 bits per heavy atom. The minimum Gasteiger partial charge on any atom is -0.462 e. The molecule has 0 aromatic heterocycles. The Hall–Kier alpha value is -4.02. The van der Waals surface area contributed by atoms with Gasteiger partial charge in [-0.3, -0.25) is 37.3 Å². The third kappa shape index (κ3) is 72.3. The van der Waals surface area contributed by atoms with E-state index in [9.17, 15) is 43.2 Å². The number of phosphoric ester groups is 2. The molecule has 17 nitrogen and oxygen atoms in total. The molecule has 0 aromatic rings. The molecule has 0 aliphatic heterocycles. The third-order valence-electron chi connectivity index (χ3n) is 16.5. The summed E-state index contributed by atoms with van der Waals surface area (Å²) in [5.74, 6) is -2.26. The van der Waals surface area contributed by atoms with Gasteiger partial charge < -0.3 is 33.8 Å². The normalized spacial score (nSPS) is 14.4. The van der Waals surface area contributed by atoms with Crippen molar-refractivity contribution >= 4 is 39.5 Å². The van der Waals surface area contributed by atoms with E-state index in [0.717, 1.165) is 148 Å². The molecule has 0 bridgehead atoms. The number of aliphatic hydroxyl groups excluding tert-OH is 1. The van der Waals surface area contributed by atoms with E-state index in [1.165, 1.54) is 103 Å². The predicted octanol–water partition coefficient (Wildman–Crippen LogP) is 22.8. The first-order valence-corrected chi connectivity index (χ1v) is 42.5. The van der Waals surface area contributed by atoms with Gasteiger partial charge in [-0.25, -0.2) is 9.13 Å². The van der Waals surface area contributed by atoms with Crippen LogP contribution in [0.2, 0.25) is 0 Å². The fourth-order valence-electron chi connectivity index (χ4n) is 10.4. The molecule has 0 saturated carbocycles. The van der Waals surface area contributed by atoms with Crippen LogP contribution in [0.5, 0.6) is 0 Å². The van der Waals surface area contributed by atoms with Crippen molar-refractivity contribution in [3.05, 3.63) is 97.2 Å². The molecule has 3 N–H and O–H groups in total. The monoisotopic (exact) mass is 1450 g/mol. The van der Waals surface area contributed by atoms with Crippen molar-refractivity contribution in [3.8, 4) is 0 Å². The van der Waals surface area contributed by atoms with E-state index in [-0.39, 0.29) is 25.7 Å². The van der Waals surface area contributed by atoms with E-state index in [2.05, 4.69) is 113 Å². The van der Waals surface area contributed by atoms with Gasteiger partial charge in [0.1, 0.15) is 19.3 Å². The topological polar surface area (TPSA) is 237 Å². The summed E-state index contributed by atoms with van der Waals surface area (Å²) < 4.78 is 68.5. The molecule has 0 aromatic carbocycles. The Bertz CT molecular complexity index is 2270. The van der Waals surface area contributed by atoms with Gasteiger partial charge in [0.25, 0.3) is 0 Å². The van der Waals surface area contributed by atoms with Gasteiger partial charge in [0.2, 0.25) is 0 Å². The van der Waals surface area contributed by atoms with Crippen molar-refractivity contribution in [1.29, 1.82) is 0 Å². The second kappa shape index (κ2) is 73.3. The van der Waals surface area contributed by atoms with E-state index >= 15 is 0 Å². The van der Waals surface area contributed by atoms with E-state index in [1.807, 2.05) is 12.2 Å². The lowest BCUT2D eigenvalue weighted by molar-refractivity contribution is -0.161. The van der Waals surface area contributed by atoms with Gasteiger partial charge in [0.15, 0.2) is 12.2 Å². The van der Waals surface area contributed by atoms with Crippen molar-refractivity contribution in [1.82, 2.24) is 0 Å². The molecule has 0 radical (unpaired) electrons. The summed E-state index contributed by atoms with van der Waals surface area (Å²) >= 11 is 0. The summed E-state index contributed by atoms with van der Waals surface area (Å²) in [7, 11) is -9.97. The highest BCUT2D eigenvalue weighted by atomic mass is 31.2. The Labute approximate surface area is 607 Å². The highest BCUT2D eigenvalue weighted by Crippen LogP contribution is 2.45. The molecule has 0 rings (SSSR count). The number of esters is 4. The highest BCUT2D eigenvalue weighted by Gasteiger charge is 2.30. The first-order chi connectivity index (χ1) is 48.7. The van der Waals surface area contributed by atoms with Gasteiger partial charge in [-0.2, -0.15) is 0 Å². The molecule has 19 heteroatoms. The Balaban J connectivity index is 5.42. The average molecular weight is 1450 g/mol. The predicted molar refractivity (Wildman–Crippen MR) is 409 cm³/mol. The Morgan fingerprint density at radius 2 is 0.500 bits per heavy atom. The molecule has 0 saturated heterocycles. The van der Waals surface area contributed by atoms with Crippen molar-refractivity contribution in [3.63, 3.8) is 0 Å². The zero-order chi connectivity index (χ0) is 73.2.